The maximum Gasteiger partial charge on any atom is 0.168 e. The van der Waals surface area contributed by atoms with Crippen molar-refractivity contribution in [1.29, 1.82) is 0 Å². The van der Waals surface area contributed by atoms with E-state index in [-0.39, 0.29) is 11.9 Å². The van der Waals surface area contributed by atoms with Crippen LogP contribution in [-0.4, -0.2) is 24.0 Å². The molecule has 0 radical (unpaired) electrons. The normalized spacial score (nSPS) is 17.4. The molecule has 1 fully saturated rings. The zero-order valence-electron chi connectivity index (χ0n) is 9.95. The predicted molar refractivity (Wildman–Crippen MR) is 63.8 cm³/mol. The van der Waals surface area contributed by atoms with Crippen molar-refractivity contribution in [2.75, 3.05) is 7.11 Å². The summed E-state index contributed by atoms with van der Waals surface area (Å²) in [5, 5.41) is 0.919. The lowest BCUT2D eigenvalue weighted by molar-refractivity contribution is -0.129. The molecule has 1 heterocycles. The number of thiazole rings is 1. The second-order valence-electron chi connectivity index (χ2n) is 4.39. The summed E-state index contributed by atoms with van der Waals surface area (Å²) in [5.74, 6) is 0.637. The highest BCUT2D eigenvalue weighted by Crippen LogP contribution is 2.35. The molecule has 1 aliphatic rings. The number of rotatable bonds is 5. The third-order valence-electron chi connectivity index (χ3n) is 3.02. The van der Waals surface area contributed by atoms with Crippen LogP contribution in [0.5, 0.6) is 0 Å². The molecule has 1 unspecified atom stereocenters. The molecule has 3 nitrogen and oxygen atoms in total. The maximum atomic E-state index is 12.0. The first kappa shape index (κ1) is 11.7. The van der Waals surface area contributed by atoms with E-state index >= 15 is 0 Å². The summed E-state index contributed by atoms with van der Waals surface area (Å²) in [6.07, 6.45) is 2.47. The van der Waals surface area contributed by atoms with E-state index in [4.69, 9.17) is 4.74 Å². The molecule has 1 atom stereocenters. The number of ketones is 1. The molecule has 1 saturated carbocycles. The lowest BCUT2D eigenvalue weighted by Crippen LogP contribution is -2.26. The van der Waals surface area contributed by atoms with Gasteiger partial charge in [0.25, 0.3) is 0 Å². The number of aromatic nitrogens is 1. The van der Waals surface area contributed by atoms with Crippen molar-refractivity contribution in [1.82, 2.24) is 4.98 Å². The average Bonchev–Trinajstić information content (AvgIpc) is 2.97. The van der Waals surface area contributed by atoms with Gasteiger partial charge in [-0.15, -0.1) is 11.3 Å². The number of methoxy groups -OCH3 is 1. The summed E-state index contributed by atoms with van der Waals surface area (Å²) in [7, 11) is 1.62. The first-order valence-corrected chi connectivity index (χ1v) is 6.42. The summed E-state index contributed by atoms with van der Waals surface area (Å²) in [6.45, 7) is 4.02. The topological polar surface area (TPSA) is 39.2 Å². The fourth-order valence-corrected chi connectivity index (χ4v) is 2.79. The maximum absolute atomic E-state index is 12.0. The van der Waals surface area contributed by atoms with Gasteiger partial charge in [-0.3, -0.25) is 4.79 Å². The largest absolute Gasteiger partial charge is 0.373 e. The Hall–Kier alpha value is -0.740. The molecule has 16 heavy (non-hydrogen) atoms. The van der Waals surface area contributed by atoms with Crippen LogP contribution in [0.3, 0.4) is 0 Å². The van der Waals surface area contributed by atoms with Crippen LogP contribution in [-0.2, 0) is 16.0 Å². The van der Waals surface area contributed by atoms with Crippen molar-refractivity contribution in [3.63, 3.8) is 0 Å². The van der Waals surface area contributed by atoms with Crippen LogP contribution in [0.4, 0.5) is 0 Å². The molecule has 1 aromatic rings. The van der Waals surface area contributed by atoms with E-state index in [9.17, 15) is 4.79 Å². The first-order valence-electron chi connectivity index (χ1n) is 5.60. The van der Waals surface area contributed by atoms with Crippen LogP contribution in [0.1, 0.15) is 28.4 Å². The van der Waals surface area contributed by atoms with Crippen molar-refractivity contribution in [2.24, 2.45) is 5.92 Å². The van der Waals surface area contributed by atoms with E-state index < -0.39 is 0 Å². The standard InChI is InChI=1S/C12H17NO2S/c1-7-8(2)16-11(13-7)6-10(14)12(15-3)9-4-5-9/h9,12H,4-6H2,1-3H3. The summed E-state index contributed by atoms with van der Waals surface area (Å²) < 4.78 is 5.27. The Labute approximate surface area is 99.8 Å². The minimum Gasteiger partial charge on any atom is -0.373 e. The smallest absolute Gasteiger partial charge is 0.168 e. The van der Waals surface area contributed by atoms with Crippen molar-refractivity contribution < 1.29 is 9.53 Å². The highest BCUT2D eigenvalue weighted by molar-refractivity contribution is 7.11. The molecule has 0 aromatic carbocycles. The third kappa shape index (κ3) is 2.50. The van der Waals surface area contributed by atoms with Gasteiger partial charge < -0.3 is 4.74 Å². The van der Waals surface area contributed by atoms with E-state index in [1.165, 1.54) is 4.88 Å². The molecule has 0 saturated heterocycles. The number of ether oxygens (including phenoxy) is 1. The van der Waals surface area contributed by atoms with Crippen LogP contribution in [0.15, 0.2) is 0 Å². The summed E-state index contributed by atoms with van der Waals surface area (Å²) in [5.41, 5.74) is 1.04. The van der Waals surface area contributed by atoms with Gasteiger partial charge in [-0.25, -0.2) is 4.98 Å². The predicted octanol–water partition coefficient (Wildman–Crippen LogP) is 2.30. The SMILES string of the molecule is COC(C(=O)Cc1nc(C)c(C)s1)C1CC1. The highest BCUT2D eigenvalue weighted by atomic mass is 32.1. The number of aryl methyl sites for hydroxylation is 2. The fourth-order valence-electron chi connectivity index (χ4n) is 1.85. The number of Topliss-reactive ketones (excluding diaryl/α,β-unsaturated/α-hetero) is 1. The zero-order valence-corrected chi connectivity index (χ0v) is 10.8. The van der Waals surface area contributed by atoms with Crippen molar-refractivity contribution in [3.8, 4) is 0 Å². The van der Waals surface area contributed by atoms with Gasteiger partial charge in [-0.2, -0.15) is 0 Å². The highest BCUT2D eigenvalue weighted by Gasteiger charge is 2.36. The van der Waals surface area contributed by atoms with Gasteiger partial charge in [0.15, 0.2) is 5.78 Å². The van der Waals surface area contributed by atoms with E-state index in [0.29, 0.717) is 12.3 Å². The molecule has 4 heteroatoms. The van der Waals surface area contributed by atoms with Crippen molar-refractivity contribution in [2.45, 2.75) is 39.2 Å². The third-order valence-corrected chi connectivity index (χ3v) is 4.09. The van der Waals surface area contributed by atoms with Gasteiger partial charge >= 0.3 is 0 Å². The molecule has 88 valence electrons. The Morgan fingerprint density at radius 1 is 1.56 bits per heavy atom. The molecule has 0 amide bonds. The molecular weight excluding hydrogens is 222 g/mol. The van der Waals surface area contributed by atoms with Crippen molar-refractivity contribution in [3.05, 3.63) is 15.6 Å². The Kier molecular flexibility index (Phi) is 3.40. The monoisotopic (exact) mass is 239 g/mol. The second kappa shape index (κ2) is 4.63. The molecular formula is C12H17NO2S. The van der Waals surface area contributed by atoms with Crippen LogP contribution in [0.25, 0.3) is 0 Å². The second-order valence-corrected chi connectivity index (χ2v) is 5.67. The van der Waals surface area contributed by atoms with Crippen molar-refractivity contribution >= 4 is 17.1 Å². The van der Waals surface area contributed by atoms with E-state index in [0.717, 1.165) is 23.5 Å². The average molecular weight is 239 g/mol. The number of nitrogens with zero attached hydrogens (tertiary/aromatic N) is 1. The number of hydrogen-bond acceptors (Lipinski definition) is 4. The molecule has 1 aliphatic carbocycles. The minimum atomic E-state index is -0.204. The Balaban J connectivity index is 2.00. The molecule has 0 aliphatic heterocycles. The van der Waals surface area contributed by atoms with E-state index in [1.54, 1.807) is 18.4 Å². The van der Waals surface area contributed by atoms with Gasteiger partial charge in [0.2, 0.25) is 0 Å². The Bertz CT molecular complexity index is 376. The molecule has 0 spiro atoms. The number of hydrogen-bond donors (Lipinski definition) is 0. The van der Waals surface area contributed by atoms with Crippen LogP contribution < -0.4 is 0 Å². The van der Waals surface area contributed by atoms with Gasteiger partial charge in [0.1, 0.15) is 11.1 Å². The fraction of sp³-hybridized carbons (Fsp3) is 0.667. The molecule has 0 bridgehead atoms. The zero-order chi connectivity index (χ0) is 11.7. The molecule has 0 N–H and O–H groups in total. The molecule has 2 rings (SSSR count). The van der Waals surface area contributed by atoms with Gasteiger partial charge in [0, 0.05) is 12.0 Å². The van der Waals surface area contributed by atoms with Gasteiger partial charge in [-0.05, 0) is 32.6 Å². The van der Waals surface area contributed by atoms with E-state index in [1.807, 2.05) is 13.8 Å². The van der Waals surface area contributed by atoms with Crippen LogP contribution >= 0.6 is 11.3 Å². The molecule has 1 aromatic heterocycles. The lowest BCUT2D eigenvalue weighted by Gasteiger charge is -2.11. The quantitative estimate of drug-likeness (QED) is 0.791. The van der Waals surface area contributed by atoms with Gasteiger partial charge in [-0.1, -0.05) is 0 Å². The number of carbonyl (C=O) groups is 1. The lowest BCUT2D eigenvalue weighted by atomic mass is 10.1. The minimum absolute atomic E-state index is 0.179. The summed E-state index contributed by atoms with van der Waals surface area (Å²) >= 11 is 1.62. The van der Waals surface area contributed by atoms with Crippen LogP contribution in [0, 0.1) is 19.8 Å². The van der Waals surface area contributed by atoms with E-state index in [2.05, 4.69) is 4.98 Å². The first-order chi connectivity index (χ1) is 7.61. The Morgan fingerprint density at radius 2 is 2.25 bits per heavy atom. The number of carbonyl (C=O) groups excluding carboxylic acids is 1. The van der Waals surface area contributed by atoms with Gasteiger partial charge in [0.05, 0.1) is 12.1 Å². The summed E-state index contributed by atoms with van der Waals surface area (Å²) in [6, 6.07) is 0. The van der Waals surface area contributed by atoms with Crippen LogP contribution in [0.2, 0.25) is 0 Å². The summed E-state index contributed by atoms with van der Waals surface area (Å²) in [4.78, 5) is 17.6. The Morgan fingerprint density at radius 3 is 2.69 bits per heavy atom.